The van der Waals surface area contributed by atoms with E-state index in [-0.39, 0.29) is 17.3 Å². The summed E-state index contributed by atoms with van der Waals surface area (Å²) >= 11 is 0. The van der Waals surface area contributed by atoms with Crippen LogP contribution in [-0.2, 0) is 24.1 Å². The van der Waals surface area contributed by atoms with Gasteiger partial charge in [0.1, 0.15) is 11.6 Å². The maximum atomic E-state index is 14.5. The molecular weight excluding hydrogens is 434 g/mol. The molecule has 3 nitrogen and oxygen atoms in total. The lowest BCUT2D eigenvalue weighted by Gasteiger charge is -2.24. The van der Waals surface area contributed by atoms with Gasteiger partial charge in [-0.1, -0.05) is 50.2 Å². The fraction of sp³-hybridized carbons (Fsp3) is 0.276. The number of phenolic OH excluding ortho intramolecular Hbond substituents is 1. The molecule has 0 atom stereocenters. The number of aryl methyl sites for hydroxylation is 2. The summed E-state index contributed by atoms with van der Waals surface area (Å²) in [5.74, 6) is -1.47. The minimum atomic E-state index is -0.970. The second-order valence-electron chi connectivity index (χ2n) is 9.23. The number of hydrogen-bond acceptors (Lipinski definition) is 3. The first-order valence-corrected chi connectivity index (χ1v) is 11.5. The Morgan fingerprint density at radius 1 is 0.853 bits per heavy atom. The first-order chi connectivity index (χ1) is 16.2. The van der Waals surface area contributed by atoms with E-state index >= 15 is 0 Å². The quantitative estimate of drug-likeness (QED) is 0.242. The third kappa shape index (κ3) is 4.11. The summed E-state index contributed by atoms with van der Waals surface area (Å²) in [7, 11) is 0. The Hall–Kier alpha value is -3.47. The first kappa shape index (κ1) is 23.7. The summed E-state index contributed by atoms with van der Waals surface area (Å²) in [4.78, 5) is 13.2. The largest absolute Gasteiger partial charge is 0.504 e. The smallest absolute Gasteiger partial charge is 0.317 e. The molecule has 176 valence electrons. The van der Waals surface area contributed by atoms with Crippen LogP contribution in [0.15, 0.2) is 54.6 Å². The van der Waals surface area contributed by atoms with Crippen molar-refractivity contribution in [3.8, 4) is 11.5 Å². The van der Waals surface area contributed by atoms with Crippen molar-refractivity contribution in [2.24, 2.45) is 5.41 Å². The normalized spacial score (nSPS) is 11.8. The topological polar surface area (TPSA) is 46.5 Å². The van der Waals surface area contributed by atoms with E-state index in [1.807, 2.05) is 25.1 Å². The van der Waals surface area contributed by atoms with E-state index in [1.165, 1.54) is 18.2 Å². The molecule has 0 heterocycles. The number of ether oxygens (including phenoxy) is 1. The van der Waals surface area contributed by atoms with Crippen LogP contribution >= 0.6 is 0 Å². The maximum absolute atomic E-state index is 14.5. The van der Waals surface area contributed by atoms with Gasteiger partial charge in [-0.2, -0.15) is 0 Å². The zero-order chi connectivity index (χ0) is 24.6. The molecule has 0 radical (unpaired) electrons. The Kier molecular flexibility index (Phi) is 6.30. The van der Waals surface area contributed by atoms with E-state index < -0.39 is 17.2 Å². The van der Waals surface area contributed by atoms with Crippen LogP contribution in [0.3, 0.4) is 0 Å². The molecule has 34 heavy (non-hydrogen) atoms. The molecule has 4 aromatic rings. The highest BCUT2D eigenvalue weighted by Gasteiger charge is 2.32. The second kappa shape index (κ2) is 9.05. The van der Waals surface area contributed by atoms with Gasteiger partial charge in [0.15, 0.2) is 11.5 Å². The van der Waals surface area contributed by atoms with Gasteiger partial charge in [0.25, 0.3) is 0 Å². The Labute approximate surface area is 198 Å². The maximum Gasteiger partial charge on any atom is 0.317 e. The van der Waals surface area contributed by atoms with Crippen molar-refractivity contribution in [3.05, 3.63) is 82.9 Å². The molecule has 0 saturated heterocycles. The van der Waals surface area contributed by atoms with Crippen LogP contribution in [0.25, 0.3) is 21.5 Å². The van der Waals surface area contributed by atoms with Crippen LogP contribution in [0.1, 0.15) is 44.4 Å². The number of esters is 1. The predicted molar refractivity (Wildman–Crippen MR) is 131 cm³/mol. The summed E-state index contributed by atoms with van der Waals surface area (Å²) in [6, 6.07) is 15.1. The van der Waals surface area contributed by atoms with Gasteiger partial charge in [0.2, 0.25) is 0 Å². The van der Waals surface area contributed by atoms with Crippen molar-refractivity contribution in [1.29, 1.82) is 0 Å². The Balaban J connectivity index is 1.69. The van der Waals surface area contributed by atoms with Gasteiger partial charge in [-0.25, -0.2) is 8.78 Å². The zero-order valence-corrected chi connectivity index (χ0v) is 19.8. The van der Waals surface area contributed by atoms with E-state index in [2.05, 4.69) is 0 Å². The summed E-state index contributed by atoms with van der Waals surface area (Å²) in [6.07, 6.45) is 1.24. The van der Waals surface area contributed by atoms with Crippen molar-refractivity contribution in [2.45, 2.75) is 47.0 Å². The molecule has 0 aromatic heterocycles. The lowest BCUT2D eigenvalue weighted by atomic mass is 9.83. The fourth-order valence-electron chi connectivity index (χ4n) is 4.64. The van der Waals surface area contributed by atoms with Crippen LogP contribution in [0.2, 0.25) is 0 Å². The number of phenols is 1. The predicted octanol–water partition coefficient (Wildman–Crippen LogP) is 7.28. The van der Waals surface area contributed by atoms with Gasteiger partial charge in [-0.3, -0.25) is 4.79 Å². The van der Waals surface area contributed by atoms with Crippen molar-refractivity contribution in [2.75, 3.05) is 0 Å². The summed E-state index contributed by atoms with van der Waals surface area (Å²) in [5, 5.41) is 13.6. The van der Waals surface area contributed by atoms with Crippen LogP contribution in [0.4, 0.5) is 8.78 Å². The van der Waals surface area contributed by atoms with Crippen LogP contribution in [0.5, 0.6) is 11.5 Å². The molecule has 0 saturated carbocycles. The van der Waals surface area contributed by atoms with E-state index in [4.69, 9.17) is 4.74 Å². The van der Waals surface area contributed by atoms with Crippen molar-refractivity contribution in [1.82, 2.24) is 0 Å². The van der Waals surface area contributed by atoms with Crippen molar-refractivity contribution in [3.63, 3.8) is 0 Å². The molecule has 0 aliphatic rings. The average Bonchev–Trinajstić information content (AvgIpc) is 2.81. The third-order valence-corrected chi connectivity index (χ3v) is 6.45. The third-order valence-electron chi connectivity index (χ3n) is 6.45. The number of halogens is 2. The number of benzene rings is 4. The molecule has 0 aliphatic heterocycles. The Morgan fingerprint density at radius 3 is 2.03 bits per heavy atom. The van der Waals surface area contributed by atoms with E-state index in [0.717, 1.165) is 16.3 Å². The Bertz CT molecular complexity index is 1410. The molecule has 0 spiro atoms. The average molecular weight is 463 g/mol. The summed E-state index contributed by atoms with van der Waals surface area (Å²) in [6.45, 7) is 7.23. The minimum Gasteiger partial charge on any atom is -0.504 e. The van der Waals surface area contributed by atoms with Crippen molar-refractivity contribution < 1.29 is 23.4 Å². The molecular formula is C29H28F2O3. The fourth-order valence-corrected chi connectivity index (χ4v) is 4.64. The highest BCUT2D eigenvalue weighted by molar-refractivity contribution is 5.95. The Morgan fingerprint density at radius 2 is 1.41 bits per heavy atom. The lowest BCUT2D eigenvalue weighted by Crippen LogP contribution is -2.31. The van der Waals surface area contributed by atoms with E-state index in [1.54, 1.807) is 39.0 Å². The van der Waals surface area contributed by atoms with Gasteiger partial charge >= 0.3 is 5.97 Å². The lowest BCUT2D eigenvalue weighted by molar-refractivity contribution is -0.144. The minimum absolute atomic E-state index is 0.0101. The van der Waals surface area contributed by atoms with Gasteiger partial charge in [-0.05, 0) is 84.2 Å². The standard InChI is InChI=1S/C29H28F2O3/c1-5-20-22(30)13-10-17-8-7-9-19(25(17)20)16-29(3,4)28(33)34-24-15-12-18-11-14-23(31)21(6-2)26(18)27(24)32/h7-15,32H,5-6,16H2,1-4H3. The van der Waals surface area contributed by atoms with E-state index in [9.17, 15) is 18.7 Å². The van der Waals surface area contributed by atoms with Crippen LogP contribution < -0.4 is 4.74 Å². The second-order valence-corrected chi connectivity index (χ2v) is 9.23. The molecule has 4 rings (SSSR count). The number of rotatable bonds is 6. The molecule has 4 aromatic carbocycles. The van der Waals surface area contributed by atoms with Gasteiger partial charge in [0.05, 0.1) is 5.41 Å². The van der Waals surface area contributed by atoms with Gasteiger partial charge < -0.3 is 9.84 Å². The van der Waals surface area contributed by atoms with E-state index in [0.29, 0.717) is 41.2 Å². The molecule has 1 N–H and O–H groups in total. The molecule has 0 amide bonds. The molecule has 0 bridgehead atoms. The highest BCUT2D eigenvalue weighted by atomic mass is 19.1. The first-order valence-electron chi connectivity index (χ1n) is 11.5. The summed E-state index contributed by atoms with van der Waals surface area (Å²) < 4.78 is 34.4. The van der Waals surface area contributed by atoms with Crippen LogP contribution in [-0.4, -0.2) is 11.1 Å². The molecule has 5 heteroatoms. The van der Waals surface area contributed by atoms with Gasteiger partial charge in [0, 0.05) is 5.39 Å². The van der Waals surface area contributed by atoms with Crippen molar-refractivity contribution >= 4 is 27.5 Å². The number of hydrogen-bond donors (Lipinski definition) is 1. The molecule has 0 unspecified atom stereocenters. The number of fused-ring (bicyclic) bond motifs is 2. The zero-order valence-electron chi connectivity index (χ0n) is 19.8. The highest BCUT2D eigenvalue weighted by Crippen LogP contribution is 2.39. The number of carbonyl (C=O) groups excluding carboxylic acids is 1. The van der Waals surface area contributed by atoms with Gasteiger partial charge in [-0.15, -0.1) is 0 Å². The number of carbonyl (C=O) groups is 1. The molecule has 0 aliphatic carbocycles. The monoisotopic (exact) mass is 462 g/mol. The SMILES string of the molecule is CCc1c(F)ccc2cccc(CC(C)(C)C(=O)Oc3ccc4ccc(F)c(CC)c4c3O)c12. The van der Waals surface area contributed by atoms with Crippen LogP contribution in [0, 0.1) is 17.0 Å². The number of aromatic hydroxyl groups is 1. The molecule has 0 fully saturated rings. The summed E-state index contributed by atoms with van der Waals surface area (Å²) in [5.41, 5.74) is 0.882.